The molecule has 0 aromatic heterocycles. The van der Waals surface area contributed by atoms with Crippen LogP contribution < -0.4 is 0 Å². The second-order valence-corrected chi connectivity index (χ2v) is 11.3. The quantitative estimate of drug-likeness (QED) is 0.294. The van der Waals surface area contributed by atoms with Crippen molar-refractivity contribution < 1.29 is 14.4 Å². The van der Waals surface area contributed by atoms with Crippen molar-refractivity contribution in [1.29, 1.82) is 0 Å². The molecule has 0 N–H and O–H groups in total. The summed E-state index contributed by atoms with van der Waals surface area (Å²) in [4.78, 5) is 20.0. The molecule has 2 aromatic rings. The fourth-order valence-electron chi connectivity index (χ4n) is 4.01. The number of carbonyl (C=O) groups is 1. The number of rotatable bonds is 9. The van der Waals surface area contributed by atoms with E-state index in [1.165, 1.54) is 11.1 Å². The van der Waals surface area contributed by atoms with Gasteiger partial charge in [-0.25, -0.2) is 4.79 Å². The predicted molar refractivity (Wildman–Crippen MR) is 136 cm³/mol. The normalized spacial score (nSPS) is 15.4. The lowest BCUT2D eigenvalue weighted by Gasteiger charge is -2.44. The van der Waals surface area contributed by atoms with E-state index in [1.54, 1.807) is 0 Å². The van der Waals surface area contributed by atoms with Gasteiger partial charge in [-0.3, -0.25) is 4.84 Å². The molecule has 0 aliphatic carbocycles. The Morgan fingerprint density at radius 2 is 1.30 bits per heavy atom. The number of benzene rings is 2. The second-order valence-electron chi connectivity index (χ2n) is 11.3. The van der Waals surface area contributed by atoms with Crippen molar-refractivity contribution >= 4 is 5.97 Å². The van der Waals surface area contributed by atoms with Crippen LogP contribution in [0.25, 0.3) is 0 Å². The summed E-state index contributed by atoms with van der Waals surface area (Å²) >= 11 is 0. The Balaban J connectivity index is 2.42. The maximum atomic E-state index is 13.3. The second kappa shape index (κ2) is 11.3. The van der Waals surface area contributed by atoms with Gasteiger partial charge in [0.25, 0.3) is 0 Å². The molecule has 0 aliphatic heterocycles. The van der Waals surface area contributed by atoms with E-state index in [-0.39, 0.29) is 29.4 Å². The Bertz CT molecular complexity index is 850. The first kappa shape index (κ1) is 27.1. The molecule has 33 heavy (non-hydrogen) atoms. The zero-order valence-corrected chi connectivity index (χ0v) is 22.0. The SMILES string of the molecule is CC(CC(ON(C(c1ccccc1)C(C)C)C(C)(C)C)C(=O)OC(C)(C)C)c1ccccc1. The molecule has 0 radical (unpaired) electrons. The number of hydroxylamine groups is 2. The highest BCUT2D eigenvalue weighted by molar-refractivity contribution is 5.75. The minimum atomic E-state index is -0.719. The number of ether oxygens (including phenoxy) is 1. The lowest BCUT2D eigenvalue weighted by Crippen LogP contribution is -2.49. The molecule has 3 atom stereocenters. The van der Waals surface area contributed by atoms with E-state index in [0.717, 1.165) is 0 Å². The van der Waals surface area contributed by atoms with Crippen molar-refractivity contribution in [2.75, 3.05) is 0 Å². The van der Waals surface area contributed by atoms with Gasteiger partial charge in [0.05, 0.1) is 6.04 Å². The molecular weight excluding hydrogens is 410 g/mol. The van der Waals surface area contributed by atoms with Gasteiger partial charge in [-0.15, -0.1) is 0 Å². The Morgan fingerprint density at radius 3 is 1.73 bits per heavy atom. The van der Waals surface area contributed by atoms with Gasteiger partial charge in [0.15, 0.2) is 6.10 Å². The lowest BCUT2D eigenvalue weighted by atomic mass is 9.92. The molecule has 2 rings (SSSR count). The monoisotopic (exact) mass is 453 g/mol. The molecule has 0 bridgehead atoms. The van der Waals surface area contributed by atoms with Crippen molar-refractivity contribution in [3.8, 4) is 0 Å². The molecule has 4 heteroatoms. The van der Waals surface area contributed by atoms with Crippen molar-refractivity contribution in [3.63, 3.8) is 0 Å². The molecule has 2 aromatic carbocycles. The van der Waals surface area contributed by atoms with Crippen LogP contribution >= 0.6 is 0 Å². The third kappa shape index (κ3) is 8.28. The van der Waals surface area contributed by atoms with E-state index in [9.17, 15) is 4.79 Å². The number of nitrogens with zero attached hydrogens (tertiary/aromatic N) is 1. The highest BCUT2D eigenvalue weighted by Crippen LogP contribution is 2.36. The van der Waals surface area contributed by atoms with Crippen molar-refractivity contribution in [2.24, 2.45) is 5.92 Å². The number of carbonyl (C=O) groups excluding carboxylic acids is 1. The third-order valence-corrected chi connectivity index (χ3v) is 5.53. The van der Waals surface area contributed by atoms with Crippen LogP contribution in [0.4, 0.5) is 0 Å². The summed E-state index contributed by atoms with van der Waals surface area (Å²) in [5.41, 5.74) is 1.43. The highest BCUT2D eigenvalue weighted by atomic mass is 16.7. The van der Waals surface area contributed by atoms with E-state index in [4.69, 9.17) is 9.57 Å². The molecule has 4 nitrogen and oxygen atoms in total. The van der Waals surface area contributed by atoms with Crippen LogP contribution in [0.1, 0.15) is 91.8 Å². The number of hydrogen-bond acceptors (Lipinski definition) is 4. The summed E-state index contributed by atoms with van der Waals surface area (Å²) in [6.45, 7) is 18.6. The third-order valence-electron chi connectivity index (χ3n) is 5.53. The fraction of sp³-hybridized carbons (Fsp3) is 0.552. The molecule has 0 amide bonds. The summed E-state index contributed by atoms with van der Waals surface area (Å²) in [7, 11) is 0. The molecule has 0 spiro atoms. The smallest absolute Gasteiger partial charge is 0.337 e. The van der Waals surface area contributed by atoms with E-state index >= 15 is 0 Å². The zero-order valence-electron chi connectivity index (χ0n) is 22.0. The minimum Gasteiger partial charge on any atom is -0.458 e. The van der Waals surface area contributed by atoms with Gasteiger partial charge in [0.1, 0.15) is 5.60 Å². The van der Waals surface area contributed by atoms with Crippen LogP contribution in [-0.2, 0) is 14.4 Å². The zero-order chi connectivity index (χ0) is 24.8. The molecule has 0 saturated heterocycles. The largest absolute Gasteiger partial charge is 0.458 e. The highest BCUT2D eigenvalue weighted by Gasteiger charge is 2.38. The average Bonchev–Trinajstić information content (AvgIpc) is 2.71. The van der Waals surface area contributed by atoms with Gasteiger partial charge in [-0.05, 0) is 70.9 Å². The summed E-state index contributed by atoms with van der Waals surface area (Å²) in [5.74, 6) is 0.0901. The predicted octanol–water partition coefficient (Wildman–Crippen LogP) is 7.32. The van der Waals surface area contributed by atoms with Crippen LogP contribution in [0.15, 0.2) is 60.7 Å². The van der Waals surface area contributed by atoms with Crippen LogP contribution in [0.5, 0.6) is 0 Å². The van der Waals surface area contributed by atoms with Gasteiger partial charge in [-0.2, -0.15) is 5.06 Å². The van der Waals surface area contributed by atoms with Gasteiger partial charge in [0, 0.05) is 5.54 Å². The van der Waals surface area contributed by atoms with Gasteiger partial charge in [0.2, 0.25) is 0 Å². The van der Waals surface area contributed by atoms with E-state index in [1.807, 2.05) is 62.2 Å². The number of hydrogen-bond donors (Lipinski definition) is 0. The van der Waals surface area contributed by atoms with Crippen LogP contribution in [-0.4, -0.2) is 28.3 Å². The summed E-state index contributed by atoms with van der Waals surface area (Å²) < 4.78 is 5.81. The Kier molecular flexibility index (Phi) is 9.28. The number of esters is 1. The summed E-state index contributed by atoms with van der Waals surface area (Å²) in [6.07, 6.45) is -0.186. The molecule has 0 saturated carbocycles. The molecule has 0 heterocycles. The topological polar surface area (TPSA) is 38.8 Å². The first-order valence-corrected chi connectivity index (χ1v) is 12.1. The maximum Gasteiger partial charge on any atom is 0.337 e. The van der Waals surface area contributed by atoms with E-state index < -0.39 is 11.7 Å². The van der Waals surface area contributed by atoms with Gasteiger partial charge < -0.3 is 4.74 Å². The van der Waals surface area contributed by atoms with Crippen LogP contribution in [0, 0.1) is 5.92 Å². The van der Waals surface area contributed by atoms with E-state index in [2.05, 4.69) is 65.8 Å². The fourth-order valence-corrected chi connectivity index (χ4v) is 4.01. The van der Waals surface area contributed by atoms with Crippen molar-refractivity contribution in [2.45, 2.75) is 97.9 Å². The molecule has 182 valence electrons. The molecule has 0 aliphatic rings. The lowest BCUT2D eigenvalue weighted by molar-refractivity contribution is -0.277. The van der Waals surface area contributed by atoms with Gasteiger partial charge >= 0.3 is 5.97 Å². The standard InChI is InChI=1S/C29H43NO3/c1-21(2)26(24-18-14-11-15-19-24)30(28(4,5)6)33-25(27(31)32-29(7,8)9)20-22(3)23-16-12-10-13-17-23/h10-19,21-22,25-26H,20H2,1-9H3. The minimum absolute atomic E-state index is 0.0110. The molecule has 0 fully saturated rings. The Morgan fingerprint density at radius 1 is 0.818 bits per heavy atom. The van der Waals surface area contributed by atoms with Crippen molar-refractivity contribution in [3.05, 3.63) is 71.8 Å². The average molecular weight is 454 g/mol. The van der Waals surface area contributed by atoms with E-state index in [0.29, 0.717) is 6.42 Å². The van der Waals surface area contributed by atoms with Crippen molar-refractivity contribution in [1.82, 2.24) is 5.06 Å². The summed E-state index contributed by atoms with van der Waals surface area (Å²) in [6, 6.07) is 20.6. The Hall–Kier alpha value is -2.17. The maximum absolute atomic E-state index is 13.3. The Labute approximate surface area is 201 Å². The van der Waals surface area contributed by atoms with Crippen LogP contribution in [0.2, 0.25) is 0 Å². The molecular formula is C29H43NO3. The molecule has 3 unspecified atom stereocenters. The van der Waals surface area contributed by atoms with Crippen LogP contribution in [0.3, 0.4) is 0 Å². The first-order chi connectivity index (χ1) is 15.3. The summed E-state index contributed by atoms with van der Waals surface area (Å²) in [5, 5.41) is 2.01. The van der Waals surface area contributed by atoms with Gasteiger partial charge in [-0.1, -0.05) is 81.4 Å². The first-order valence-electron chi connectivity index (χ1n) is 12.1.